The third kappa shape index (κ3) is 2.93. The predicted octanol–water partition coefficient (Wildman–Crippen LogP) is 1.20. The number of morpholine rings is 1. The van der Waals surface area contributed by atoms with Crippen molar-refractivity contribution in [2.24, 2.45) is 0 Å². The summed E-state index contributed by atoms with van der Waals surface area (Å²) >= 11 is 0. The predicted molar refractivity (Wildman–Crippen MR) is 73.1 cm³/mol. The number of hydrogen-bond donors (Lipinski definition) is 1. The molecular weight excluding hydrogens is 242 g/mol. The number of nitrogens with zero attached hydrogens (tertiary/aromatic N) is 4. The van der Waals surface area contributed by atoms with E-state index in [9.17, 15) is 0 Å². The molecule has 1 saturated heterocycles. The maximum Gasteiger partial charge on any atom is 0.161 e. The van der Waals surface area contributed by atoms with Gasteiger partial charge in [-0.1, -0.05) is 13.3 Å². The standard InChI is InChI=1S/C13H19N5O/c1-3-4-11-12(15-2)16-9-17-13(11)18-5-6-19-10(7-14)8-18/h9-10H,3-6,8H2,1-2H3,(H,15,16,17). The number of nitriles is 1. The first-order chi connectivity index (χ1) is 9.30. The Morgan fingerprint density at radius 1 is 1.58 bits per heavy atom. The molecule has 1 fully saturated rings. The number of nitrogens with one attached hydrogen (secondary N) is 1. The van der Waals surface area contributed by atoms with Gasteiger partial charge in [-0.15, -0.1) is 0 Å². The minimum Gasteiger partial charge on any atom is -0.373 e. The zero-order chi connectivity index (χ0) is 13.7. The SMILES string of the molecule is CCCc1c(NC)ncnc1N1CCOC(C#N)C1. The first kappa shape index (κ1) is 13.6. The summed E-state index contributed by atoms with van der Waals surface area (Å²) in [6.07, 6.45) is 3.13. The van der Waals surface area contributed by atoms with Crippen LogP contribution in [0.4, 0.5) is 11.6 Å². The molecule has 6 nitrogen and oxygen atoms in total. The van der Waals surface area contributed by atoms with Crippen LogP contribution in [0.15, 0.2) is 6.33 Å². The number of aromatic nitrogens is 2. The summed E-state index contributed by atoms with van der Waals surface area (Å²) in [6, 6.07) is 2.16. The molecular formula is C13H19N5O. The Morgan fingerprint density at radius 2 is 2.42 bits per heavy atom. The lowest BCUT2D eigenvalue weighted by Gasteiger charge is -2.32. The first-order valence-electron chi connectivity index (χ1n) is 6.58. The maximum absolute atomic E-state index is 8.98. The molecule has 102 valence electrons. The minimum absolute atomic E-state index is 0.378. The second-order valence-corrected chi connectivity index (χ2v) is 4.46. The molecule has 1 N–H and O–H groups in total. The molecule has 1 aliphatic heterocycles. The second-order valence-electron chi connectivity index (χ2n) is 4.46. The van der Waals surface area contributed by atoms with Crippen LogP contribution in [0.3, 0.4) is 0 Å². The van der Waals surface area contributed by atoms with Crippen molar-refractivity contribution in [3.63, 3.8) is 0 Å². The van der Waals surface area contributed by atoms with Crippen LogP contribution in [-0.4, -0.2) is 42.8 Å². The van der Waals surface area contributed by atoms with Crippen LogP contribution in [0.1, 0.15) is 18.9 Å². The third-order valence-corrected chi connectivity index (χ3v) is 3.17. The molecule has 0 aromatic carbocycles. The Bertz CT molecular complexity index is 471. The fourth-order valence-electron chi connectivity index (χ4n) is 2.29. The summed E-state index contributed by atoms with van der Waals surface area (Å²) in [4.78, 5) is 10.8. The average molecular weight is 261 g/mol. The van der Waals surface area contributed by atoms with E-state index < -0.39 is 0 Å². The number of anilines is 2. The highest BCUT2D eigenvalue weighted by atomic mass is 16.5. The van der Waals surface area contributed by atoms with Crippen molar-refractivity contribution in [3.05, 3.63) is 11.9 Å². The van der Waals surface area contributed by atoms with E-state index in [1.54, 1.807) is 6.33 Å². The normalized spacial score (nSPS) is 19.0. The van der Waals surface area contributed by atoms with Crippen LogP contribution in [0, 0.1) is 11.3 Å². The van der Waals surface area contributed by atoms with Crippen LogP contribution in [0.2, 0.25) is 0 Å². The summed E-state index contributed by atoms with van der Waals surface area (Å²) in [6.45, 7) is 4.01. The van der Waals surface area contributed by atoms with Crippen LogP contribution in [0.5, 0.6) is 0 Å². The highest BCUT2D eigenvalue weighted by molar-refractivity contribution is 5.59. The van der Waals surface area contributed by atoms with Gasteiger partial charge in [0.25, 0.3) is 0 Å². The molecule has 6 heteroatoms. The van der Waals surface area contributed by atoms with Gasteiger partial charge in [0, 0.05) is 19.2 Å². The topological polar surface area (TPSA) is 74.1 Å². The molecule has 0 bridgehead atoms. The lowest BCUT2D eigenvalue weighted by molar-refractivity contribution is 0.0761. The summed E-state index contributed by atoms with van der Waals surface area (Å²) < 4.78 is 5.37. The molecule has 1 aliphatic rings. The van der Waals surface area contributed by atoms with Crippen molar-refractivity contribution in [2.75, 3.05) is 37.0 Å². The van der Waals surface area contributed by atoms with E-state index in [-0.39, 0.29) is 6.10 Å². The Morgan fingerprint density at radius 3 is 3.11 bits per heavy atom. The summed E-state index contributed by atoms with van der Waals surface area (Å²) in [7, 11) is 1.86. The number of ether oxygens (including phenoxy) is 1. The van der Waals surface area contributed by atoms with E-state index in [4.69, 9.17) is 10.00 Å². The van der Waals surface area contributed by atoms with E-state index in [1.165, 1.54) is 0 Å². The molecule has 2 heterocycles. The smallest absolute Gasteiger partial charge is 0.161 e. The molecule has 1 unspecified atom stereocenters. The second kappa shape index (κ2) is 6.34. The fraction of sp³-hybridized carbons (Fsp3) is 0.615. The highest BCUT2D eigenvalue weighted by Crippen LogP contribution is 2.26. The Kier molecular flexibility index (Phi) is 4.53. The summed E-state index contributed by atoms with van der Waals surface area (Å²) in [5.74, 6) is 1.79. The van der Waals surface area contributed by atoms with Crippen molar-refractivity contribution >= 4 is 11.6 Å². The van der Waals surface area contributed by atoms with Gasteiger partial charge in [-0.25, -0.2) is 9.97 Å². The van der Waals surface area contributed by atoms with E-state index in [0.717, 1.165) is 36.6 Å². The molecule has 0 radical (unpaired) electrons. The Labute approximate surface area is 113 Å². The van der Waals surface area contributed by atoms with Gasteiger partial charge in [-0.05, 0) is 6.42 Å². The Balaban J connectivity index is 2.30. The molecule has 1 aromatic rings. The van der Waals surface area contributed by atoms with Crippen molar-refractivity contribution < 1.29 is 4.74 Å². The van der Waals surface area contributed by atoms with Crippen molar-refractivity contribution in [1.29, 1.82) is 5.26 Å². The largest absolute Gasteiger partial charge is 0.373 e. The van der Waals surface area contributed by atoms with Crippen LogP contribution in [0.25, 0.3) is 0 Å². The van der Waals surface area contributed by atoms with Crippen molar-refractivity contribution in [2.45, 2.75) is 25.9 Å². The van der Waals surface area contributed by atoms with Gasteiger partial charge in [0.05, 0.1) is 19.2 Å². The van der Waals surface area contributed by atoms with Crippen molar-refractivity contribution in [1.82, 2.24) is 9.97 Å². The average Bonchev–Trinajstić information content (AvgIpc) is 2.48. The van der Waals surface area contributed by atoms with Gasteiger partial charge < -0.3 is 15.0 Å². The van der Waals surface area contributed by atoms with E-state index >= 15 is 0 Å². The van der Waals surface area contributed by atoms with Crippen LogP contribution in [-0.2, 0) is 11.2 Å². The monoisotopic (exact) mass is 261 g/mol. The van der Waals surface area contributed by atoms with Gasteiger partial charge in [0.15, 0.2) is 6.10 Å². The molecule has 0 amide bonds. The molecule has 19 heavy (non-hydrogen) atoms. The Hall–Kier alpha value is -1.87. The highest BCUT2D eigenvalue weighted by Gasteiger charge is 2.24. The molecule has 0 saturated carbocycles. The molecule has 2 rings (SSSR count). The third-order valence-electron chi connectivity index (χ3n) is 3.17. The zero-order valence-electron chi connectivity index (χ0n) is 11.4. The van der Waals surface area contributed by atoms with Crippen molar-refractivity contribution in [3.8, 4) is 6.07 Å². The quantitative estimate of drug-likeness (QED) is 0.878. The number of rotatable bonds is 4. The number of hydrogen-bond acceptors (Lipinski definition) is 6. The summed E-state index contributed by atoms with van der Waals surface area (Å²) in [5, 5.41) is 12.1. The molecule has 0 spiro atoms. The lowest BCUT2D eigenvalue weighted by atomic mass is 10.1. The summed E-state index contributed by atoms with van der Waals surface area (Å²) in [5.41, 5.74) is 1.12. The zero-order valence-corrected chi connectivity index (χ0v) is 11.4. The van der Waals surface area contributed by atoms with Gasteiger partial charge in [-0.3, -0.25) is 0 Å². The van der Waals surface area contributed by atoms with Crippen LogP contribution >= 0.6 is 0 Å². The lowest BCUT2D eigenvalue weighted by Crippen LogP contribution is -2.42. The van der Waals surface area contributed by atoms with E-state index in [1.807, 2.05) is 7.05 Å². The minimum atomic E-state index is -0.378. The maximum atomic E-state index is 8.98. The molecule has 0 aliphatic carbocycles. The van der Waals surface area contributed by atoms with E-state index in [0.29, 0.717) is 13.2 Å². The van der Waals surface area contributed by atoms with Gasteiger partial charge >= 0.3 is 0 Å². The first-order valence-corrected chi connectivity index (χ1v) is 6.58. The van der Waals surface area contributed by atoms with Gasteiger partial charge in [-0.2, -0.15) is 5.26 Å². The van der Waals surface area contributed by atoms with E-state index in [2.05, 4.69) is 33.2 Å². The van der Waals surface area contributed by atoms with Gasteiger partial charge in [0.1, 0.15) is 18.0 Å². The molecule has 1 aromatic heterocycles. The van der Waals surface area contributed by atoms with Crippen LogP contribution < -0.4 is 10.2 Å². The molecule has 1 atom stereocenters. The van der Waals surface area contributed by atoms with Gasteiger partial charge in [0.2, 0.25) is 0 Å². The fourth-order valence-corrected chi connectivity index (χ4v) is 2.29.